The highest BCUT2D eigenvalue weighted by Gasteiger charge is 2.75. The van der Waals surface area contributed by atoms with Gasteiger partial charge in [0.15, 0.2) is 21.2 Å². The number of azo groups is 1. The van der Waals surface area contributed by atoms with Crippen molar-refractivity contribution >= 4 is 69.6 Å². The minimum Gasteiger partial charge on any atom is -0.504 e. The molecule has 4 aliphatic rings. The summed E-state index contributed by atoms with van der Waals surface area (Å²) in [6.07, 6.45) is 1.96. The van der Waals surface area contributed by atoms with Crippen LogP contribution in [0.5, 0.6) is 11.5 Å². The van der Waals surface area contributed by atoms with Gasteiger partial charge < -0.3 is 14.7 Å². The number of benzene rings is 3. The second kappa shape index (κ2) is 11.7. The summed E-state index contributed by atoms with van der Waals surface area (Å²) in [5.41, 5.74) is 3.76. The Bertz CT molecular complexity index is 1960. The minimum absolute atomic E-state index is 0.118. The van der Waals surface area contributed by atoms with Crippen LogP contribution in [0.1, 0.15) is 24.3 Å². The zero-order valence-corrected chi connectivity index (χ0v) is 28.6. The van der Waals surface area contributed by atoms with Crippen molar-refractivity contribution in [2.45, 2.75) is 28.5 Å². The van der Waals surface area contributed by atoms with Gasteiger partial charge in [-0.1, -0.05) is 17.7 Å². The number of likely N-dealkylation sites (tertiary alicyclic amines) is 1. The Hall–Kier alpha value is -4.74. The maximum absolute atomic E-state index is 14.3. The summed E-state index contributed by atoms with van der Waals surface area (Å²) in [6.45, 7) is 0. The number of hydrogen-bond acceptors (Lipinski definition) is 9. The van der Waals surface area contributed by atoms with E-state index in [1.165, 1.54) is 25.1 Å². The first kappa shape index (κ1) is 32.8. The fourth-order valence-corrected chi connectivity index (χ4v) is 8.87. The number of fused-ring (bicyclic) bond motifs is 4. The number of amides is 4. The molecule has 2 aliphatic carbocycles. The standard InChI is InChI=1S/C36H33Cl2N5O6/c1-41(2)22-10-6-20(7-11-22)39-40-21-8-12-23(13-9-21)43-31(45)25-15-14-24-26(29(25)32(43)46)18-35(37)33(47)42(3)34(48)36(35,38)30(24)19-5-16-27(44)28(17-19)49-4/h5-14,16-17,25-26,29-30,44H,15,18H2,1-4H3. The monoisotopic (exact) mass is 701 g/mol. The fourth-order valence-electron chi connectivity index (χ4n) is 7.85. The van der Waals surface area contributed by atoms with Gasteiger partial charge in [0.1, 0.15) is 0 Å². The Balaban J connectivity index is 1.22. The topological polar surface area (TPSA) is 132 Å². The van der Waals surface area contributed by atoms with Crippen LogP contribution in [-0.2, 0) is 19.2 Å². The molecule has 6 atom stereocenters. The quantitative estimate of drug-likeness (QED) is 0.143. The molecule has 3 aromatic rings. The number of hydrogen-bond donors (Lipinski definition) is 1. The van der Waals surface area contributed by atoms with Crippen LogP contribution >= 0.6 is 23.2 Å². The maximum atomic E-state index is 14.3. The van der Waals surface area contributed by atoms with Crippen LogP contribution in [0.4, 0.5) is 22.7 Å². The Labute approximate surface area is 292 Å². The van der Waals surface area contributed by atoms with E-state index in [0.717, 1.165) is 10.6 Å². The molecule has 1 N–H and O–H groups in total. The van der Waals surface area contributed by atoms with Crippen LogP contribution in [0.15, 0.2) is 88.6 Å². The third-order valence-electron chi connectivity index (χ3n) is 10.3. The number of alkyl halides is 2. The zero-order valence-electron chi connectivity index (χ0n) is 27.1. The summed E-state index contributed by atoms with van der Waals surface area (Å²) in [5, 5.41) is 18.9. The maximum Gasteiger partial charge on any atom is 0.253 e. The van der Waals surface area contributed by atoms with Gasteiger partial charge in [-0.2, -0.15) is 10.2 Å². The van der Waals surface area contributed by atoms with Gasteiger partial charge in [0.2, 0.25) is 11.8 Å². The molecule has 49 heavy (non-hydrogen) atoms. The van der Waals surface area contributed by atoms with Crippen molar-refractivity contribution in [3.8, 4) is 11.5 Å². The molecule has 1 saturated carbocycles. The van der Waals surface area contributed by atoms with E-state index in [-0.39, 0.29) is 30.2 Å². The molecule has 2 aliphatic heterocycles. The van der Waals surface area contributed by atoms with Crippen LogP contribution < -0.4 is 14.5 Å². The van der Waals surface area contributed by atoms with E-state index >= 15 is 0 Å². The number of anilines is 2. The molecule has 3 aromatic carbocycles. The number of phenols is 1. The highest BCUT2D eigenvalue weighted by Crippen LogP contribution is 2.65. The number of aromatic hydroxyl groups is 1. The summed E-state index contributed by atoms with van der Waals surface area (Å²) < 4.78 is 5.35. The molecule has 0 bridgehead atoms. The van der Waals surface area contributed by atoms with Crippen molar-refractivity contribution in [3.05, 3.63) is 83.9 Å². The SMILES string of the molecule is COc1cc(C2C3=CCC4C(=O)N(c5ccc(N=Nc6ccc(N(C)C)cc6)cc5)C(=O)C4C3CC3(Cl)C(=O)N(C)C(=O)C23Cl)ccc1O. The number of carbonyl (C=O) groups excluding carboxylic acids is 4. The molecule has 0 aromatic heterocycles. The number of nitrogens with zero attached hydrogens (tertiary/aromatic N) is 5. The number of halogens is 2. The van der Waals surface area contributed by atoms with E-state index in [1.54, 1.807) is 36.4 Å². The third kappa shape index (κ3) is 4.77. The van der Waals surface area contributed by atoms with Crippen LogP contribution in [0, 0.1) is 17.8 Å². The first-order valence-electron chi connectivity index (χ1n) is 15.8. The van der Waals surface area contributed by atoms with Crippen molar-refractivity contribution in [1.82, 2.24) is 4.90 Å². The van der Waals surface area contributed by atoms with Gasteiger partial charge in [0.05, 0.1) is 36.0 Å². The predicted octanol–water partition coefficient (Wildman–Crippen LogP) is 6.08. The van der Waals surface area contributed by atoms with Gasteiger partial charge in [-0.3, -0.25) is 29.0 Å². The summed E-state index contributed by atoms with van der Waals surface area (Å²) in [6, 6.07) is 18.8. The van der Waals surface area contributed by atoms with Crippen molar-refractivity contribution in [3.63, 3.8) is 0 Å². The average molecular weight is 703 g/mol. The number of carbonyl (C=O) groups is 4. The molecule has 252 valence electrons. The number of phenolic OH excluding ortho intramolecular Hbond substituents is 1. The molecule has 2 saturated heterocycles. The molecule has 3 fully saturated rings. The Morgan fingerprint density at radius 2 is 1.51 bits per heavy atom. The summed E-state index contributed by atoms with van der Waals surface area (Å²) in [7, 11) is 6.64. The second-order valence-corrected chi connectivity index (χ2v) is 14.3. The Morgan fingerprint density at radius 3 is 2.12 bits per heavy atom. The van der Waals surface area contributed by atoms with E-state index in [9.17, 15) is 24.3 Å². The summed E-state index contributed by atoms with van der Waals surface area (Å²) >= 11 is 14.5. The first-order chi connectivity index (χ1) is 23.3. The van der Waals surface area contributed by atoms with Gasteiger partial charge in [0.25, 0.3) is 11.8 Å². The smallest absolute Gasteiger partial charge is 0.253 e. The van der Waals surface area contributed by atoms with Crippen molar-refractivity contribution in [1.29, 1.82) is 0 Å². The summed E-state index contributed by atoms with van der Waals surface area (Å²) in [4.78, 5) is 55.9. The first-order valence-corrected chi connectivity index (χ1v) is 16.5. The van der Waals surface area contributed by atoms with E-state index in [2.05, 4.69) is 10.2 Å². The van der Waals surface area contributed by atoms with Crippen LogP contribution in [0.25, 0.3) is 0 Å². The van der Waals surface area contributed by atoms with Crippen LogP contribution in [-0.4, -0.2) is 71.6 Å². The highest BCUT2D eigenvalue weighted by molar-refractivity contribution is 6.53. The predicted molar refractivity (Wildman–Crippen MR) is 184 cm³/mol. The third-order valence-corrected chi connectivity index (χ3v) is 11.7. The summed E-state index contributed by atoms with van der Waals surface area (Å²) in [5.74, 6) is -5.27. The lowest BCUT2D eigenvalue weighted by atomic mass is 9.56. The molecule has 0 radical (unpaired) electrons. The van der Waals surface area contributed by atoms with Crippen molar-refractivity contribution in [2.24, 2.45) is 28.0 Å². The fraction of sp³-hybridized carbons (Fsp3) is 0.333. The molecule has 2 heterocycles. The molecule has 0 spiro atoms. The highest BCUT2D eigenvalue weighted by atomic mass is 35.5. The number of allylic oxidation sites excluding steroid dienone is 2. The molecule has 11 nitrogen and oxygen atoms in total. The number of rotatable bonds is 6. The Morgan fingerprint density at radius 1 is 0.878 bits per heavy atom. The number of methoxy groups -OCH3 is 1. The Kier molecular flexibility index (Phi) is 7.83. The van der Waals surface area contributed by atoms with Gasteiger partial charge in [-0.05, 0) is 85.0 Å². The van der Waals surface area contributed by atoms with E-state index in [4.69, 9.17) is 27.9 Å². The lowest BCUT2D eigenvalue weighted by Crippen LogP contribution is -2.60. The molecule has 4 amide bonds. The van der Waals surface area contributed by atoms with E-state index < -0.39 is 51.1 Å². The molecular formula is C36H33Cl2N5O6. The molecule has 7 rings (SSSR count). The largest absolute Gasteiger partial charge is 0.504 e. The van der Waals surface area contributed by atoms with Crippen molar-refractivity contribution < 1.29 is 29.0 Å². The lowest BCUT2D eigenvalue weighted by molar-refractivity contribution is -0.138. The molecular weight excluding hydrogens is 669 g/mol. The second-order valence-electron chi connectivity index (χ2n) is 13.1. The molecule has 13 heteroatoms. The zero-order chi connectivity index (χ0) is 35.0. The van der Waals surface area contributed by atoms with Gasteiger partial charge in [0, 0.05) is 32.7 Å². The average Bonchev–Trinajstić information content (AvgIpc) is 3.42. The van der Waals surface area contributed by atoms with E-state index in [1.807, 2.05) is 49.3 Å². The lowest BCUT2D eigenvalue weighted by Gasteiger charge is -2.50. The van der Waals surface area contributed by atoms with Gasteiger partial charge >= 0.3 is 0 Å². The molecule has 6 unspecified atom stereocenters. The van der Waals surface area contributed by atoms with Crippen LogP contribution in [0.2, 0.25) is 0 Å². The van der Waals surface area contributed by atoms with Crippen LogP contribution in [0.3, 0.4) is 0 Å². The normalized spacial score (nSPS) is 29.2. The van der Waals surface area contributed by atoms with Gasteiger partial charge in [-0.15, -0.1) is 23.2 Å². The van der Waals surface area contributed by atoms with Gasteiger partial charge in [-0.25, -0.2) is 0 Å². The number of ether oxygens (including phenoxy) is 1. The van der Waals surface area contributed by atoms with Crippen molar-refractivity contribution in [2.75, 3.05) is 38.1 Å². The number of imide groups is 2. The minimum atomic E-state index is -1.93. The van der Waals surface area contributed by atoms with E-state index in [0.29, 0.717) is 28.2 Å².